The number of aromatic nitrogens is 1. The largest absolute Gasteiger partial charge is 0.368 e. The minimum atomic E-state index is 0.0631. The van der Waals surface area contributed by atoms with Crippen molar-refractivity contribution in [3.05, 3.63) is 60.4 Å². The number of piperazine rings is 1. The molecule has 3 heterocycles. The lowest BCUT2D eigenvalue weighted by Gasteiger charge is -2.36. The minimum Gasteiger partial charge on any atom is -0.368 e. The Morgan fingerprint density at radius 2 is 1.75 bits per heavy atom. The standard InChI is InChI=1S/C22H29N5O/c28-22(27-16-14-26(15-17-27)21-6-9-23-10-7-21)24-11-13-25-12-8-20(18-25)19-4-2-1-3-5-19/h1-7,9-10,20H,8,11-18H2,(H,24,28)/t20-/m0/s1. The number of likely N-dealkylation sites (tertiary alicyclic amines) is 1. The summed E-state index contributed by atoms with van der Waals surface area (Å²) in [5, 5.41) is 3.11. The second kappa shape index (κ2) is 9.06. The first-order chi connectivity index (χ1) is 13.8. The lowest BCUT2D eigenvalue weighted by atomic mass is 9.99. The van der Waals surface area contributed by atoms with E-state index >= 15 is 0 Å². The number of carbonyl (C=O) groups excluding carboxylic acids is 1. The Morgan fingerprint density at radius 3 is 2.50 bits per heavy atom. The number of nitrogens with one attached hydrogen (secondary N) is 1. The molecule has 2 aliphatic heterocycles. The van der Waals surface area contributed by atoms with E-state index in [9.17, 15) is 4.79 Å². The van der Waals surface area contributed by atoms with Crippen LogP contribution in [0.25, 0.3) is 0 Å². The van der Waals surface area contributed by atoms with E-state index in [1.807, 2.05) is 29.4 Å². The van der Waals surface area contributed by atoms with Gasteiger partial charge in [0.2, 0.25) is 0 Å². The first kappa shape index (κ1) is 18.7. The van der Waals surface area contributed by atoms with Gasteiger partial charge in [0.1, 0.15) is 0 Å². The third-order valence-corrected chi connectivity index (χ3v) is 5.84. The molecule has 6 nitrogen and oxygen atoms in total. The minimum absolute atomic E-state index is 0.0631. The summed E-state index contributed by atoms with van der Waals surface area (Å²) in [4.78, 5) is 23.2. The molecule has 4 rings (SSSR count). The van der Waals surface area contributed by atoms with E-state index in [1.165, 1.54) is 17.7 Å². The zero-order valence-corrected chi connectivity index (χ0v) is 16.3. The van der Waals surface area contributed by atoms with Gasteiger partial charge >= 0.3 is 6.03 Å². The monoisotopic (exact) mass is 379 g/mol. The molecule has 1 aromatic carbocycles. The number of hydrogen-bond acceptors (Lipinski definition) is 4. The van der Waals surface area contributed by atoms with Gasteiger partial charge in [-0.05, 0) is 36.6 Å². The van der Waals surface area contributed by atoms with E-state index in [4.69, 9.17) is 0 Å². The smallest absolute Gasteiger partial charge is 0.317 e. The van der Waals surface area contributed by atoms with Crippen molar-refractivity contribution in [2.45, 2.75) is 12.3 Å². The molecule has 28 heavy (non-hydrogen) atoms. The third kappa shape index (κ3) is 4.62. The highest BCUT2D eigenvalue weighted by molar-refractivity contribution is 5.74. The third-order valence-electron chi connectivity index (χ3n) is 5.84. The summed E-state index contributed by atoms with van der Waals surface area (Å²) in [6.45, 7) is 7.08. The molecule has 6 heteroatoms. The zero-order valence-electron chi connectivity index (χ0n) is 16.3. The molecule has 0 saturated carbocycles. The van der Waals surface area contributed by atoms with Gasteiger partial charge in [-0.25, -0.2) is 4.79 Å². The summed E-state index contributed by atoms with van der Waals surface area (Å²) in [7, 11) is 0. The van der Waals surface area contributed by atoms with Gasteiger partial charge in [0.05, 0.1) is 0 Å². The molecule has 2 amide bonds. The van der Waals surface area contributed by atoms with Gasteiger partial charge in [-0.15, -0.1) is 0 Å². The molecular formula is C22H29N5O. The molecular weight excluding hydrogens is 350 g/mol. The van der Waals surface area contributed by atoms with Crippen LogP contribution < -0.4 is 10.2 Å². The SMILES string of the molecule is O=C(NCCN1CC[C@H](c2ccccc2)C1)N1CCN(c2ccncc2)CC1. The Kier molecular flexibility index (Phi) is 6.07. The molecule has 0 spiro atoms. The maximum Gasteiger partial charge on any atom is 0.317 e. The van der Waals surface area contributed by atoms with E-state index in [2.05, 4.69) is 50.4 Å². The molecule has 148 valence electrons. The van der Waals surface area contributed by atoms with Gasteiger partial charge in [0.25, 0.3) is 0 Å². The van der Waals surface area contributed by atoms with Gasteiger partial charge in [-0.2, -0.15) is 0 Å². The molecule has 2 saturated heterocycles. The molecule has 0 radical (unpaired) electrons. The number of carbonyl (C=O) groups is 1. The summed E-state index contributed by atoms with van der Waals surface area (Å²) >= 11 is 0. The fourth-order valence-corrected chi connectivity index (χ4v) is 4.19. The zero-order chi connectivity index (χ0) is 19.2. The van der Waals surface area contributed by atoms with Crippen molar-refractivity contribution < 1.29 is 4.79 Å². The van der Waals surface area contributed by atoms with E-state index in [-0.39, 0.29) is 6.03 Å². The fourth-order valence-electron chi connectivity index (χ4n) is 4.19. The quantitative estimate of drug-likeness (QED) is 0.867. The van der Waals surface area contributed by atoms with Crippen molar-refractivity contribution in [2.24, 2.45) is 0 Å². The van der Waals surface area contributed by atoms with Crippen LogP contribution in [0.1, 0.15) is 17.9 Å². The highest BCUT2D eigenvalue weighted by Gasteiger charge is 2.24. The molecule has 1 atom stereocenters. The molecule has 1 N–H and O–H groups in total. The molecule has 0 unspecified atom stereocenters. The first-order valence-electron chi connectivity index (χ1n) is 10.2. The van der Waals surface area contributed by atoms with Crippen molar-refractivity contribution in [2.75, 3.05) is 57.3 Å². The van der Waals surface area contributed by atoms with Crippen molar-refractivity contribution in [1.29, 1.82) is 0 Å². The molecule has 2 aliphatic rings. The second-order valence-electron chi connectivity index (χ2n) is 7.61. The topological polar surface area (TPSA) is 51.7 Å². The molecule has 2 fully saturated rings. The van der Waals surface area contributed by atoms with Crippen LogP contribution in [0, 0.1) is 0 Å². The van der Waals surface area contributed by atoms with Gasteiger partial charge < -0.3 is 20.0 Å². The van der Waals surface area contributed by atoms with E-state index in [1.54, 1.807) is 0 Å². The average Bonchev–Trinajstić information content (AvgIpc) is 3.24. The summed E-state index contributed by atoms with van der Waals surface area (Å²) in [5.74, 6) is 0.623. The van der Waals surface area contributed by atoms with Crippen LogP contribution in [0.3, 0.4) is 0 Å². The number of rotatable bonds is 5. The number of anilines is 1. The fraction of sp³-hybridized carbons (Fsp3) is 0.455. The van der Waals surface area contributed by atoms with Gasteiger partial charge in [-0.3, -0.25) is 4.98 Å². The highest BCUT2D eigenvalue weighted by atomic mass is 16.2. The highest BCUT2D eigenvalue weighted by Crippen LogP contribution is 2.26. The maximum absolute atomic E-state index is 12.5. The number of hydrogen-bond donors (Lipinski definition) is 1. The second-order valence-corrected chi connectivity index (χ2v) is 7.61. The number of benzene rings is 1. The van der Waals surface area contributed by atoms with Crippen LogP contribution >= 0.6 is 0 Å². The Bertz CT molecular complexity index is 746. The number of amides is 2. The number of urea groups is 1. The molecule has 0 bridgehead atoms. The van der Waals surface area contributed by atoms with Crippen LogP contribution in [0.15, 0.2) is 54.9 Å². The molecule has 0 aliphatic carbocycles. The van der Waals surface area contributed by atoms with E-state index in [0.29, 0.717) is 12.5 Å². The van der Waals surface area contributed by atoms with Crippen LogP contribution in [0.5, 0.6) is 0 Å². The van der Waals surface area contributed by atoms with Crippen LogP contribution in [-0.4, -0.2) is 73.2 Å². The van der Waals surface area contributed by atoms with E-state index in [0.717, 1.165) is 45.8 Å². The Balaban J connectivity index is 1.16. The Labute approximate surface area is 167 Å². The summed E-state index contributed by atoms with van der Waals surface area (Å²) in [6, 6.07) is 14.9. The van der Waals surface area contributed by atoms with Gasteiger partial charge in [-0.1, -0.05) is 30.3 Å². The summed E-state index contributed by atoms with van der Waals surface area (Å²) in [5.41, 5.74) is 2.61. The van der Waals surface area contributed by atoms with Gasteiger partial charge in [0, 0.05) is 63.9 Å². The van der Waals surface area contributed by atoms with Crippen molar-refractivity contribution in [3.63, 3.8) is 0 Å². The Hall–Kier alpha value is -2.60. The molecule has 2 aromatic rings. The van der Waals surface area contributed by atoms with Crippen molar-refractivity contribution in [1.82, 2.24) is 20.1 Å². The van der Waals surface area contributed by atoms with Crippen LogP contribution in [0.2, 0.25) is 0 Å². The van der Waals surface area contributed by atoms with Crippen molar-refractivity contribution >= 4 is 11.7 Å². The summed E-state index contributed by atoms with van der Waals surface area (Å²) < 4.78 is 0. The lowest BCUT2D eigenvalue weighted by Crippen LogP contribution is -2.52. The Morgan fingerprint density at radius 1 is 1.00 bits per heavy atom. The van der Waals surface area contributed by atoms with Crippen LogP contribution in [-0.2, 0) is 0 Å². The predicted octanol–water partition coefficient (Wildman–Crippen LogP) is 2.40. The maximum atomic E-state index is 12.5. The van der Waals surface area contributed by atoms with Crippen molar-refractivity contribution in [3.8, 4) is 0 Å². The normalized spacial score (nSPS) is 20.4. The number of pyridine rings is 1. The predicted molar refractivity (Wildman–Crippen MR) is 112 cm³/mol. The summed E-state index contributed by atoms with van der Waals surface area (Å²) in [6.07, 6.45) is 4.83. The van der Waals surface area contributed by atoms with Gasteiger partial charge in [0.15, 0.2) is 0 Å². The molecule has 1 aromatic heterocycles. The van der Waals surface area contributed by atoms with Crippen LogP contribution in [0.4, 0.5) is 10.5 Å². The lowest BCUT2D eigenvalue weighted by molar-refractivity contribution is 0.192. The first-order valence-corrected chi connectivity index (χ1v) is 10.2. The number of nitrogens with zero attached hydrogens (tertiary/aromatic N) is 4. The van der Waals surface area contributed by atoms with E-state index < -0.39 is 0 Å². The average molecular weight is 380 g/mol.